The largest absolute Gasteiger partial charge is 0.356 e. The average Bonchev–Trinajstić information content (AvgIpc) is 3.03. The van der Waals surface area contributed by atoms with Crippen LogP contribution in [0.1, 0.15) is 38.5 Å². The van der Waals surface area contributed by atoms with Gasteiger partial charge in [0, 0.05) is 13.0 Å². The molecule has 2 aliphatic carbocycles. The van der Waals surface area contributed by atoms with Gasteiger partial charge >= 0.3 is 0 Å². The number of hydrogen-bond donors (Lipinski definition) is 2. The molecule has 1 saturated heterocycles. The van der Waals surface area contributed by atoms with Crippen LogP contribution in [0.2, 0.25) is 0 Å². The van der Waals surface area contributed by atoms with Crippen LogP contribution in [0.15, 0.2) is 0 Å². The monoisotopic (exact) mass is 236 g/mol. The standard InChI is InChI=1S/C14H24N2O/c17-14(16-9-11-3-4-15-8-11)7-13-6-10-1-2-12(13)5-10/h10-13,15H,1-9H2,(H,16,17). The lowest BCUT2D eigenvalue weighted by molar-refractivity contribution is -0.122. The minimum absolute atomic E-state index is 0.300. The van der Waals surface area contributed by atoms with Crippen LogP contribution in [0.5, 0.6) is 0 Å². The van der Waals surface area contributed by atoms with Gasteiger partial charge in [-0.05, 0) is 62.4 Å². The summed E-state index contributed by atoms with van der Waals surface area (Å²) in [5.74, 6) is 3.50. The molecule has 3 heteroatoms. The molecule has 1 amide bonds. The van der Waals surface area contributed by atoms with E-state index in [0.29, 0.717) is 17.7 Å². The fraction of sp³-hybridized carbons (Fsp3) is 0.929. The summed E-state index contributed by atoms with van der Waals surface area (Å²) < 4.78 is 0. The fourth-order valence-corrected chi connectivity index (χ4v) is 4.08. The smallest absolute Gasteiger partial charge is 0.220 e. The van der Waals surface area contributed by atoms with Crippen LogP contribution in [0.3, 0.4) is 0 Å². The molecular weight excluding hydrogens is 212 g/mol. The fourth-order valence-electron chi connectivity index (χ4n) is 4.08. The van der Waals surface area contributed by atoms with Gasteiger partial charge in [-0.3, -0.25) is 4.79 Å². The Morgan fingerprint density at radius 3 is 2.82 bits per heavy atom. The summed E-state index contributed by atoms with van der Waals surface area (Å²) in [4.78, 5) is 11.9. The quantitative estimate of drug-likeness (QED) is 0.777. The Bertz CT molecular complexity index is 286. The highest BCUT2D eigenvalue weighted by molar-refractivity contribution is 5.76. The second kappa shape index (κ2) is 4.97. The van der Waals surface area contributed by atoms with Crippen molar-refractivity contribution in [3.8, 4) is 0 Å². The Hall–Kier alpha value is -0.570. The normalized spacial score (nSPS) is 39.8. The maximum atomic E-state index is 11.9. The van der Waals surface area contributed by atoms with Gasteiger partial charge in [0.25, 0.3) is 0 Å². The summed E-state index contributed by atoms with van der Waals surface area (Å²) in [6.07, 6.45) is 7.55. The zero-order valence-corrected chi connectivity index (χ0v) is 10.6. The van der Waals surface area contributed by atoms with E-state index in [1.807, 2.05) is 0 Å². The van der Waals surface area contributed by atoms with Crippen molar-refractivity contribution < 1.29 is 4.79 Å². The van der Waals surface area contributed by atoms with Gasteiger partial charge in [-0.2, -0.15) is 0 Å². The lowest BCUT2D eigenvalue weighted by Crippen LogP contribution is -2.32. The molecule has 0 radical (unpaired) electrons. The van der Waals surface area contributed by atoms with Gasteiger partial charge in [0.2, 0.25) is 5.91 Å². The summed E-state index contributed by atoms with van der Waals surface area (Å²) in [6.45, 7) is 3.08. The van der Waals surface area contributed by atoms with Crippen LogP contribution in [0.4, 0.5) is 0 Å². The molecule has 1 heterocycles. The molecule has 4 unspecified atom stereocenters. The predicted molar refractivity (Wildman–Crippen MR) is 67.5 cm³/mol. The third-order valence-electron chi connectivity index (χ3n) is 5.08. The molecule has 17 heavy (non-hydrogen) atoms. The highest BCUT2D eigenvalue weighted by atomic mass is 16.1. The summed E-state index contributed by atoms with van der Waals surface area (Å²) in [6, 6.07) is 0. The molecule has 3 rings (SSSR count). The minimum Gasteiger partial charge on any atom is -0.356 e. The van der Waals surface area contributed by atoms with Gasteiger partial charge in [-0.15, -0.1) is 0 Å². The third-order valence-corrected chi connectivity index (χ3v) is 5.08. The molecule has 0 aromatic rings. The molecule has 2 bridgehead atoms. The SMILES string of the molecule is O=C(CC1CC2CCC1C2)NCC1CCNC1. The van der Waals surface area contributed by atoms with Crippen molar-refractivity contribution in [3.63, 3.8) is 0 Å². The molecule has 2 N–H and O–H groups in total. The maximum Gasteiger partial charge on any atom is 0.220 e. The molecule has 3 nitrogen and oxygen atoms in total. The van der Waals surface area contributed by atoms with Gasteiger partial charge in [0.1, 0.15) is 0 Å². The average molecular weight is 236 g/mol. The molecule has 1 aliphatic heterocycles. The third kappa shape index (κ3) is 2.65. The lowest BCUT2D eigenvalue weighted by atomic mass is 9.86. The lowest BCUT2D eigenvalue weighted by Gasteiger charge is -2.21. The Morgan fingerprint density at radius 2 is 2.18 bits per heavy atom. The first-order valence-electron chi connectivity index (χ1n) is 7.28. The number of amides is 1. The molecule has 2 saturated carbocycles. The van der Waals surface area contributed by atoms with Crippen LogP contribution in [-0.4, -0.2) is 25.5 Å². The van der Waals surface area contributed by atoms with E-state index in [2.05, 4.69) is 10.6 Å². The Kier molecular flexibility index (Phi) is 3.37. The van der Waals surface area contributed by atoms with Crippen molar-refractivity contribution in [1.82, 2.24) is 10.6 Å². The van der Waals surface area contributed by atoms with Gasteiger partial charge in [0.15, 0.2) is 0 Å². The zero-order chi connectivity index (χ0) is 11.7. The first kappa shape index (κ1) is 11.5. The zero-order valence-electron chi connectivity index (χ0n) is 10.6. The minimum atomic E-state index is 0.300. The van der Waals surface area contributed by atoms with Crippen LogP contribution in [0, 0.1) is 23.7 Å². The van der Waals surface area contributed by atoms with Gasteiger partial charge in [-0.25, -0.2) is 0 Å². The molecule has 0 aromatic heterocycles. The molecule has 4 atom stereocenters. The number of fused-ring (bicyclic) bond motifs is 2. The van der Waals surface area contributed by atoms with Crippen molar-refractivity contribution in [2.45, 2.75) is 38.5 Å². The Balaban J connectivity index is 1.38. The van der Waals surface area contributed by atoms with Crippen LogP contribution >= 0.6 is 0 Å². The van der Waals surface area contributed by atoms with E-state index in [1.165, 1.54) is 32.1 Å². The van der Waals surface area contributed by atoms with Crippen molar-refractivity contribution in [2.24, 2.45) is 23.7 Å². The second-order valence-electron chi connectivity index (χ2n) is 6.30. The molecule has 0 spiro atoms. The first-order valence-corrected chi connectivity index (χ1v) is 7.28. The van der Waals surface area contributed by atoms with Crippen molar-refractivity contribution in [1.29, 1.82) is 0 Å². The van der Waals surface area contributed by atoms with E-state index in [0.717, 1.165) is 37.9 Å². The summed E-state index contributed by atoms with van der Waals surface area (Å²) in [7, 11) is 0. The highest BCUT2D eigenvalue weighted by Crippen LogP contribution is 2.49. The summed E-state index contributed by atoms with van der Waals surface area (Å²) >= 11 is 0. The number of carbonyl (C=O) groups is 1. The number of carbonyl (C=O) groups excluding carboxylic acids is 1. The van der Waals surface area contributed by atoms with Crippen molar-refractivity contribution in [2.75, 3.05) is 19.6 Å². The van der Waals surface area contributed by atoms with Crippen LogP contribution in [-0.2, 0) is 4.79 Å². The van der Waals surface area contributed by atoms with E-state index >= 15 is 0 Å². The van der Waals surface area contributed by atoms with E-state index < -0.39 is 0 Å². The summed E-state index contributed by atoms with van der Waals surface area (Å²) in [5, 5.41) is 6.47. The summed E-state index contributed by atoms with van der Waals surface area (Å²) in [5.41, 5.74) is 0. The molecule has 3 fully saturated rings. The molecule has 3 aliphatic rings. The predicted octanol–water partition coefficient (Wildman–Crippen LogP) is 1.54. The number of nitrogens with one attached hydrogen (secondary N) is 2. The van der Waals surface area contributed by atoms with E-state index in [-0.39, 0.29) is 0 Å². The van der Waals surface area contributed by atoms with Crippen molar-refractivity contribution in [3.05, 3.63) is 0 Å². The van der Waals surface area contributed by atoms with Gasteiger partial charge in [0.05, 0.1) is 0 Å². The van der Waals surface area contributed by atoms with Crippen LogP contribution < -0.4 is 10.6 Å². The highest BCUT2D eigenvalue weighted by Gasteiger charge is 2.40. The maximum absolute atomic E-state index is 11.9. The van der Waals surface area contributed by atoms with E-state index in [9.17, 15) is 4.79 Å². The number of hydrogen-bond acceptors (Lipinski definition) is 2. The number of rotatable bonds is 4. The van der Waals surface area contributed by atoms with Crippen LogP contribution in [0.25, 0.3) is 0 Å². The molecule has 0 aromatic carbocycles. The molecular formula is C14H24N2O. The molecule has 96 valence electrons. The Morgan fingerprint density at radius 1 is 1.24 bits per heavy atom. The van der Waals surface area contributed by atoms with Gasteiger partial charge < -0.3 is 10.6 Å². The topological polar surface area (TPSA) is 41.1 Å². The van der Waals surface area contributed by atoms with Crippen molar-refractivity contribution >= 4 is 5.91 Å². The first-order chi connectivity index (χ1) is 8.31. The van der Waals surface area contributed by atoms with E-state index in [4.69, 9.17) is 0 Å². The second-order valence-corrected chi connectivity index (χ2v) is 6.30. The van der Waals surface area contributed by atoms with Gasteiger partial charge in [-0.1, -0.05) is 6.42 Å². The Labute approximate surface area is 104 Å². The van der Waals surface area contributed by atoms with E-state index in [1.54, 1.807) is 0 Å².